The predicted octanol–water partition coefficient (Wildman–Crippen LogP) is 7.17. The fraction of sp³-hybridized carbons (Fsp3) is 0.423. The Bertz CT molecular complexity index is 1200. The van der Waals surface area contributed by atoms with Crippen molar-refractivity contribution in [3.8, 4) is 10.6 Å². The fourth-order valence-corrected chi connectivity index (χ4v) is 6.97. The molecule has 2 atom stereocenters. The lowest BCUT2D eigenvalue weighted by Gasteiger charge is -2.42. The molecule has 3 aromatic rings. The smallest absolute Gasteiger partial charge is 0.411 e. The number of carbonyl (C=O) groups is 2. The van der Waals surface area contributed by atoms with E-state index in [0.29, 0.717) is 6.42 Å². The molecule has 4 rings (SSSR count). The minimum atomic E-state index is -0.571. The summed E-state index contributed by atoms with van der Waals surface area (Å²) in [4.78, 5) is 33.5. The number of thiophene rings is 1. The second-order valence-corrected chi connectivity index (χ2v) is 11.5. The number of rotatable bonds is 5. The van der Waals surface area contributed by atoms with Crippen LogP contribution in [-0.4, -0.2) is 33.5 Å². The Morgan fingerprint density at radius 3 is 2.59 bits per heavy atom. The molecule has 1 aromatic carbocycles. The van der Waals surface area contributed by atoms with Crippen LogP contribution in [0.1, 0.15) is 63.9 Å². The van der Waals surface area contributed by atoms with Crippen LogP contribution in [0.5, 0.6) is 0 Å². The number of nitrogens with zero attached hydrogens (tertiary/aromatic N) is 2. The van der Waals surface area contributed by atoms with Crippen LogP contribution in [0, 0.1) is 0 Å². The molecule has 0 fully saturated rings. The molecule has 1 aliphatic rings. The summed E-state index contributed by atoms with van der Waals surface area (Å²) in [7, 11) is 0. The topological polar surface area (TPSA) is 71.5 Å². The van der Waals surface area contributed by atoms with Crippen molar-refractivity contribution in [2.24, 2.45) is 0 Å². The first-order valence-corrected chi connectivity index (χ1v) is 13.3. The van der Waals surface area contributed by atoms with Gasteiger partial charge >= 0.3 is 6.09 Å². The van der Waals surface area contributed by atoms with E-state index in [0.717, 1.165) is 43.5 Å². The summed E-state index contributed by atoms with van der Waals surface area (Å²) >= 11 is 3.15. The molecule has 34 heavy (non-hydrogen) atoms. The van der Waals surface area contributed by atoms with Gasteiger partial charge in [-0.1, -0.05) is 32.6 Å². The van der Waals surface area contributed by atoms with Crippen LogP contribution < -0.4 is 5.32 Å². The normalized spacial score (nSPS) is 18.0. The molecule has 0 aliphatic carbocycles. The molecule has 6 nitrogen and oxygen atoms in total. The van der Waals surface area contributed by atoms with Crippen molar-refractivity contribution < 1.29 is 14.3 Å². The lowest BCUT2D eigenvalue weighted by molar-refractivity contribution is -0.111. The summed E-state index contributed by atoms with van der Waals surface area (Å²) in [5.74, 6) is -0.259. The second-order valence-electron chi connectivity index (χ2n) is 9.41. The molecular formula is C26H31N3O3S2. The van der Waals surface area contributed by atoms with Gasteiger partial charge in [-0.2, -0.15) is 0 Å². The average Bonchev–Trinajstić information content (AvgIpc) is 3.36. The van der Waals surface area contributed by atoms with Crippen LogP contribution >= 0.6 is 22.7 Å². The first-order valence-electron chi connectivity index (χ1n) is 11.6. The van der Waals surface area contributed by atoms with Gasteiger partial charge in [0.25, 0.3) is 0 Å². The van der Waals surface area contributed by atoms with Crippen LogP contribution in [0.15, 0.2) is 36.9 Å². The number of nitrogens with one attached hydrogen (secondary N) is 1. The molecule has 1 aliphatic heterocycles. The van der Waals surface area contributed by atoms with E-state index in [1.807, 2.05) is 43.9 Å². The molecule has 2 aromatic heterocycles. The number of ether oxygens (including phenoxy) is 1. The van der Waals surface area contributed by atoms with Gasteiger partial charge in [-0.05, 0) is 63.8 Å². The zero-order valence-corrected chi connectivity index (χ0v) is 21.9. The van der Waals surface area contributed by atoms with Crippen molar-refractivity contribution in [1.82, 2.24) is 9.88 Å². The van der Waals surface area contributed by atoms with Crippen molar-refractivity contribution in [2.75, 3.05) is 5.32 Å². The number of thiazole rings is 1. The van der Waals surface area contributed by atoms with Gasteiger partial charge in [0.1, 0.15) is 15.6 Å². The first kappa shape index (κ1) is 24.4. The third kappa shape index (κ3) is 4.61. The van der Waals surface area contributed by atoms with Gasteiger partial charge in [0.05, 0.1) is 16.3 Å². The number of benzene rings is 1. The largest absolute Gasteiger partial charge is 0.444 e. The number of hydrogen-bond acceptors (Lipinski definition) is 6. The number of fused-ring (bicyclic) bond motifs is 2. The van der Waals surface area contributed by atoms with Crippen molar-refractivity contribution in [3.63, 3.8) is 0 Å². The summed E-state index contributed by atoms with van der Waals surface area (Å²) in [5.41, 5.74) is 2.51. The van der Waals surface area contributed by atoms with Gasteiger partial charge in [-0.3, -0.25) is 9.69 Å². The van der Waals surface area contributed by atoms with E-state index in [4.69, 9.17) is 9.72 Å². The van der Waals surface area contributed by atoms with Gasteiger partial charge in [0.2, 0.25) is 5.91 Å². The van der Waals surface area contributed by atoms with E-state index in [2.05, 4.69) is 31.8 Å². The van der Waals surface area contributed by atoms with E-state index in [1.54, 1.807) is 11.3 Å². The zero-order chi connectivity index (χ0) is 24.6. The van der Waals surface area contributed by atoms with E-state index in [1.165, 1.54) is 23.0 Å². The number of anilines is 1. The van der Waals surface area contributed by atoms with E-state index in [9.17, 15) is 9.59 Å². The molecule has 0 bridgehead atoms. The molecule has 1 N–H and O–H groups in total. The maximum Gasteiger partial charge on any atom is 0.411 e. The van der Waals surface area contributed by atoms with Crippen LogP contribution in [0.3, 0.4) is 0 Å². The SMILES string of the molecule is C=CC(=O)Nc1sc2c(c1-c1nc3ccccc3s1)CC(CC)N(C(=O)OC(C)(C)C)C2CC. The predicted molar refractivity (Wildman–Crippen MR) is 141 cm³/mol. The molecule has 0 saturated carbocycles. The maximum absolute atomic E-state index is 13.3. The van der Waals surface area contributed by atoms with Crippen molar-refractivity contribution in [3.05, 3.63) is 47.4 Å². The second kappa shape index (κ2) is 9.50. The Morgan fingerprint density at radius 2 is 1.97 bits per heavy atom. The minimum Gasteiger partial charge on any atom is -0.444 e. The minimum absolute atomic E-state index is 0.00187. The van der Waals surface area contributed by atoms with Crippen molar-refractivity contribution >= 4 is 49.9 Å². The van der Waals surface area contributed by atoms with E-state index in [-0.39, 0.29) is 24.1 Å². The Hall–Kier alpha value is -2.71. The number of hydrogen-bond donors (Lipinski definition) is 1. The van der Waals surface area contributed by atoms with Gasteiger partial charge in [0, 0.05) is 16.5 Å². The van der Waals surface area contributed by atoms with Gasteiger partial charge in [-0.25, -0.2) is 9.78 Å². The molecule has 0 radical (unpaired) electrons. The van der Waals surface area contributed by atoms with Gasteiger partial charge < -0.3 is 10.1 Å². The standard InChI is InChI=1S/C26H31N3O3S2/c1-7-15-14-16-21(23-27-17-12-10-11-13-19(17)33-23)24(28-20(30)9-3)34-22(16)18(8-2)29(15)25(31)32-26(4,5)6/h9-13,15,18H,3,7-8,14H2,1-2,4-6H3,(H,28,30). The van der Waals surface area contributed by atoms with Crippen LogP contribution in [0.2, 0.25) is 0 Å². The van der Waals surface area contributed by atoms with E-state index >= 15 is 0 Å². The molecule has 3 heterocycles. The first-order chi connectivity index (χ1) is 16.2. The Balaban J connectivity index is 1.87. The quantitative estimate of drug-likeness (QED) is 0.379. The lowest BCUT2D eigenvalue weighted by atomic mass is 9.90. The van der Waals surface area contributed by atoms with Crippen molar-refractivity contribution in [2.45, 2.75) is 71.6 Å². The van der Waals surface area contributed by atoms with Crippen molar-refractivity contribution in [1.29, 1.82) is 0 Å². The van der Waals surface area contributed by atoms with Gasteiger partial charge in [-0.15, -0.1) is 22.7 Å². The third-order valence-corrected chi connectivity index (χ3v) is 8.20. The monoisotopic (exact) mass is 497 g/mol. The Morgan fingerprint density at radius 1 is 1.24 bits per heavy atom. The third-order valence-electron chi connectivity index (χ3n) is 5.90. The molecular weight excluding hydrogens is 466 g/mol. The fourth-order valence-electron chi connectivity index (χ4n) is 4.44. The number of carbonyl (C=O) groups excluding carboxylic acids is 2. The summed E-state index contributed by atoms with van der Waals surface area (Å²) in [6.45, 7) is 13.5. The number of aromatic nitrogens is 1. The zero-order valence-electron chi connectivity index (χ0n) is 20.3. The molecule has 2 amide bonds. The highest BCUT2D eigenvalue weighted by Gasteiger charge is 2.41. The lowest BCUT2D eigenvalue weighted by Crippen LogP contribution is -2.48. The van der Waals surface area contributed by atoms with E-state index < -0.39 is 5.60 Å². The van der Waals surface area contributed by atoms with Gasteiger partial charge in [0.15, 0.2) is 0 Å². The van der Waals surface area contributed by atoms with Crippen LogP contribution in [0.25, 0.3) is 20.8 Å². The molecule has 0 spiro atoms. The Kier molecular flexibility index (Phi) is 6.82. The molecule has 0 saturated heterocycles. The summed E-state index contributed by atoms with van der Waals surface area (Å²) < 4.78 is 6.90. The summed E-state index contributed by atoms with van der Waals surface area (Å²) in [6, 6.07) is 7.92. The number of para-hydroxylation sites is 1. The summed E-state index contributed by atoms with van der Waals surface area (Å²) in [5, 5.41) is 4.65. The maximum atomic E-state index is 13.3. The van der Waals surface area contributed by atoms with Crippen LogP contribution in [0.4, 0.5) is 9.80 Å². The molecule has 180 valence electrons. The summed E-state index contributed by atoms with van der Waals surface area (Å²) in [6.07, 6.45) is 3.23. The molecule has 8 heteroatoms. The number of amides is 2. The van der Waals surface area contributed by atoms with Crippen LogP contribution in [-0.2, 0) is 16.0 Å². The Labute approximate surface area is 208 Å². The molecule has 2 unspecified atom stereocenters. The highest BCUT2D eigenvalue weighted by atomic mass is 32.1. The highest BCUT2D eigenvalue weighted by Crippen LogP contribution is 2.51. The average molecular weight is 498 g/mol. The highest BCUT2D eigenvalue weighted by molar-refractivity contribution is 7.23.